The van der Waals surface area contributed by atoms with E-state index in [1.165, 1.54) is 0 Å². The molecule has 3 rings (SSSR count). The van der Waals surface area contributed by atoms with Crippen LogP contribution < -0.4 is 4.74 Å². The standard InChI is InChI=1S/C21H30N2O4/c1-17-5-2-3-6-18(17)27-15-20(26)22-12-9-21(10-13-22)8-7-19(25)23(16-21)11-4-14-24/h2-3,5-6,24H,4,7-16H2,1H3. The van der Waals surface area contributed by atoms with Crippen LogP contribution >= 0.6 is 0 Å². The summed E-state index contributed by atoms with van der Waals surface area (Å²) in [6.45, 7) is 4.98. The van der Waals surface area contributed by atoms with Crippen molar-refractivity contribution >= 4 is 11.8 Å². The van der Waals surface area contributed by atoms with E-state index in [2.05, 4.69) is 0 Å². The lowest BCUT2D eigenvalue weighted by molar-refractivity contribution is -0.143. The molecule has 0 saturated carbocycles. The van der Waals surface area contributed by atoms with E-state index in [0.717, 1.165) is 50.2 Å². The van der Waals surface area contributed by atoms with Gasteiger partial charge in [-0.2, -0.15) is 0 Å². The highest BCUT2D eigenvalue weighted by molar-refractivity contribution is 5.78. The molecule has 2 aliphatic rings. The second kappa shape index (κ2) is 8.74. The lowest BCUT2D eigenvalue weighted by Crippen LogP contribution is -2.53. The lowest BCUT2D eigenvalue weighted by Gasteiger charge is -2.47. The number of aliphatic hydroxyl groups excluding tert-OH is 1. The number of piperidine rings is 2. The average Bonchev–Trinajstić information content (AvgIpc) is 2.68. The predicted octanol–water partition coefficient (Wildman–Crippen LogP) is 1.99. The Labute approximate surface area is 161 Å². The smallest absolute Gasteiger partial charge is 0.260 e. The number of ether oxygens (including phenoxy) is 1. The molecule has 2 saturated heterocycles. The van der Waals surface area contributed by atoms with E-state index >= 15 is 0 Å². The van der Waals surface area contributed by atoms with E-state index in [4.69, 9.17) is 9.84 Å². The van der Waals surface area contributed by atoms with Crippen molar-refractivity contribution in [2.24, 2.45) is 5.41 Å². The number of hydrogen-bond acceptors (Lipinski definition) is 4. The molecule has 0 aliphatic carbocycles. The summed E-state index contributed by atoms with van der Waals surface area (Å²) in [4.78, 5) is 28.4. The number of para-hydroxylation sites is 1. The first-order valence-corrected chi connectivity index (χ1v) is 9.88. The molecule has 27 heavy (non-hydrogen) atoms. The van der Waals surface area contributed by atoms with Crippen LogP contribution in [0.3, 0.4) is 0 Å². The monoisotopic (exact) mass is 374 g/mol. The Hall–Kier alpha value is -2.08. The van der Waals surface area contributed by atoms with E-state index < -0.39 is 0 Å². The number of rotatable bonds is 6. The Balaban J connectivity index is 1.50. The molecule has 0 atom stereocenters. The molecule has 6 nitrogen and oxygen atoms in total. The molecule has 148 valence electrons. The molecular weight excluding hydrogens is 344 g/mol. The van der Waals surface area contributed by atoms with Crippen molar-refractivity contribution in [3.05, 3.63) is 29.8 Å². The summed E-state index contributed by atoms with van der Waals surface area (Å²) in [5.41, 5.74) is 1.15. The maximum atomic E-state index is 12.5. The fourth-order valence-electron chi connectivity index (χ4n) is 4.16. The zero-order valence-corrected chi connectivity index (χ0v) is 16.2. The van der Waals surface area contributed by atoms with Gasteiger partial charge in [0.2, 0.25) is 5.91 Å². The van der Waals surface area contributed by atoms with Crippen LogP contribution in [0.4, 0.5) is 0 Å². The van der Waals surface area contributed by atoms with Crippen molar-refractivity contribution in [2.45, 2.75) is 39.0 Å². The second-order valence-electron chi connectivity index (χ2n) is 7.83. The van der Waals surface area contributed by atoms with Crippen molar-refractivity contribution in [2.75, 3.05) is 39.4 Å². The van der Waals surface area contributed by atoms with Gasteiger partial charge in [-0.1, -0.05) is 18.2 Å². The molecule has 1 aromatic carbocycles. The lowest BCUT2D eigenvalue weighted by atomic mass is 9.72. The van der Waals surface area contributed by atoms with E-state index in [-0.39, 0.29) is 30.4 Å². The van der Waals surface area contributed by atoms with Crippen LogP contribution in [0.1, 0.15) is 37.7 Å². The SMILES string of the molecule is Cc1ccccc1OCC(=O)N1CCC2(CCC(=O)N(CCCO)C2)CC1. The van der Waals surface area contributed by atoms with Crippen LogP contribution in [0, 0.1) is 12.3 Å². The van der Waals surface area contributed by atoms with E-state index in [1.807, 2.05) is 41.0 Å². The minimum Gasteiger partial charge on any atom is -0.484 e. The summed E-state index contributed by atoms with van der Waals surface area (Å²) in [5.74, 6) is 0.973. The van der Waals surface area contributed by atoms with E-state index in [9.17, 15) is 9.59 Å². The largest absolute Gasteiger partial charge is 0.484 e. The summed E-state index contributed by atoms with van der Waals surface area (Å²) in [6.07, 6.45) is 3.96. The third-order valence-electron chi connectivity index (χ3n) is 5.96. The van der Waals surface area contributed by atoms with Crippen molar-refractivity contribution in [1.29, 1.82) is 0 Å². The van der Waals surface area contributed by atoms with Crippen molar-refractivity contribution in [1.82, 2.24) is 9.80 Å². The Morgan fingerprint density at radius 3 is 2.67 bits per heavy atom. The summed E-state index contributed by atoms with van der Waals surface area (Å²) < 4.78 is 5.70. The van der Waals surface area contributed by atoms with Crippen LogP contribution in [0.15, 0.2) is 24.3 Å². The zero-order valence-electron chi connectivity index (χ0n) is 16.2. The van der Waals surface area contributed by atoms with Gasteiger partial charge in [-0.25, -0.2) is 0 Å². The highest BCUT2D eigenvalue weighted by Gasteiger charge is 2.41. The van der Waals surface area contributed by atoms with Gasteiger partial charge in [0.1, 0.15) is 5.75 Å². The van der Waals surface area contributed by atoms with Gasteiger partial charge in [0, 0.05) is 39.2 Å². The number of aliphatic hydroxyl groups is 1. The van der Waals surface area contributed by atoms with Crippen LogP contribution in [-0.4, -0.2) is 66.1 Å². The van der Waals surface area contributed by atoms with E-state index in [0.29, 0.717) is 19.4 Å². The maximum Gasteiger partial charge on any atom is 0.260 e. The third kappa shape index (κ3) is 4.80. The summed E-state index contributed by atoms with van der Waals surface area (Å²) >= 11 is 0. The maximum absolute atomic E-state index is 12.5. The third-order valence-corrected chi connectivity index (χ3v) is 5.96. The highest BCUT2D eigenvalue weighted by Crippen LogP contribution is 2.40. The first-order chi connectivity index (χ1) is 13.0. The molecule has 1 spiro atoms. The Morgan fingerprint density at radius 1 is 1.22 bits per heavy atom. The van der Waals surface area contributed by atoms with Gasteiger partial charge in [-0.05, 0) is 49.7 Å². The van der Waals surface area contributed by atoms with Gasteiger partial charge in [-0.15, -0.1) is 0 Å². The molecular formula is C21H30N2O4. The molecule has 2 fully saturated rings. The fourth-order valence-corrected chi connectivity index (χ4v) is 4.16. The van der Waals surface area contributed by atoms with Gasteiger partial charge >= 0.3 is 0 Å². The first kappa shape index (κ1) is 19.7. The quantitative estimate of drug-likeness (QED) is 0.827. The Bertz CT molecular complexity index is 668. The minimum atomic E-state index is 0.0251. The summed E-state index contributed by atoms with van der Waals surface area (Å²) in [6, 6.07) is 7.71. The number of amides is 2. The molecule has 6 heteroatoms. The van der Waals surface area contributed by atoms with Crippen molar-refractivity contribution < 1.29 is 19.4 Å². The summed E-state index contributed by atoms with van der Waals surface area (Å²) in [5, 5.41) is 9.04. The second-order valence-corrected chi connectivity index (χ2v) is 7.83. The van der Waals surface area contributed by atoms with Crippen molar-refractivity contribution in [3.63, 3.8) is 0 Å². The molecule has 0 radical (unpaired) electrons. The molecule has 0 aromatic heterocycles. The Morgan fingerprint density at radius 2 is 1.96 bits per heavy atom. The number of carbonyl (C=O) groups is 2. The molecule has 2 amide bonds. The number of carbonyl (C=O) groups excluding carboxylic acids is 2. The number of nitrogens with zero attached hydrogens (tertiary/aromatic N) is 2. The van der Waals surface area contributed by atoms with Crippen LogP contribution in [-0.2, 0) is 9.59 Å². The predicted molar refractivity (Wildman–Crippen MR) is 102 cm³/mol. The zero-order chi connectivity index (χ0) is 19.3. The fraction of sp³-hybridized carbons (Fsp3) is 0.619. The minimum absolute atomic E-state index is 0.0251. The van der Waals surface area contributed by atoms with Crippen LogP contribution in [0.2, 0.25) is 0 Å². The number of likely N-dealkylation sites (tertiary alicyclic amines) is 2. The molecule has 1 aromatic rings. The molecule has 1 N–H and O–H groups in total. The number of aryl methyl sites for hydroxylation is 1. The molecule has 2 heterocycles. The first-order valence-electron chi connectivity index (χ1n) is 9.88. The average molecular weight is 374 g/mol. The highest BCUT2D eigenvalue weighted by atomic mass is 16.5. The Kier molecular flexibility index (Phi) is 6.37. The normalized spacial score (nSPS) is 19.4. The molecule has 2 aliphatic heterocycles. The van der Waals surface area contributed by atoms with Gasteiger partial charge in [0.25, 0.3) is 5.91 Å². The number of benzene rings is 1. The number of hydrogen-bond donors (Lipinski definition) is 1. The topological polar surface area (TPSA) is 70.1 Å². The van der Waals surface area contributed by atoms with E-state index in [1.54, 1.807) is 0 Å². The summed E-state index contributed by atoms with van der Waals surface area (Å²) in [7, 11) is 0. The van der Waals surface area contributed by atoms with Crippen LogP contribution in [0.25, 0.3) is 0 Å². The molecule has 0 bridgehead atoms. The van der Waals surface area contributed by atoms with Crippen molar-refractivity contribution in [3.8, 4) is 5.75 Å². The van der Waals surface area contributed by atoms with Gasteiger partial charge in [0.05, 0.1) is 0 Å². The van der Waals surface area contributed by atoms with Gasteiger partial charge in [0.15, 0.2) is 6.61 Å². The van der Waals surface area contributed by atoms with Crippen LogP contribution in [0.5, 0.6) is 5.75 Å². The van der Waals surface area contributed by atoms with Gasteiger partial charge in [-0.3, -0.25) is 9.59 Å². The molecule has 0 unspecified atom stereocenters. The van der Waals surface area contributed by atoms with Gasteiger partial charge < -0.3 is 19.6 Å².